The summed E-state index contributed by atoms with van der Waals surface area (Å²) in [6, 6.07) is 0.199. The van der Waals surface area contributed by atoms with E-state index in [-0.39, 0.29) is 12.6 Å². The minimum Gasteiger partial charge on any atom is -0.396 e. The van der Waals surface area contributed by atoms with Crippen molar-refractivity contribution in [3.05, 3.63) is 0 Å². The Morgan fingerprint density at radius 1 is 1.71 bits per heavy atom. The Hall–Kier alpha value is -0.0800. The maximum Gasteiger partial charge on any atom is 0.0445 e. The fourth-order valence-corrected chi connectivity index (χ4v) is 0.370. The van der Waals surface area contributed by atoms with E-state index in [0.717, 1.165) is 12.8 Å². The lowest BCUT2D eigenvalue weighted by Gasteiger charge is -2.02. The van der Waals surface area contributed by atoms with Crippen LogP contribution in [0.5, 0.6) is 0 Å². The van der Waals surface area contributed by atoms with E-state index in [4.69, 9.17) is 10.8 Å². The standard InChI is InChI=1S/C5H13NO/c1-2-5(6)3-4-7/h5,7H,2-4,6H2,1H3. The van der Waals surface area contributed by atoms with Gasteiger partial charge in [-0.3, -0.25) is 0 Å². The molecule has 3 N–H and O–H groups in total. The third-order valence-electron chi connectivity index (χ3n) is 1.02. The van der Waals surface area contributed by atoms with E-state index >= 15 is 0 Å². The summed E-state index contributed by atoms with van der Waals surface area (Å²) in [5.41, 5.74) is 5.42. The first kappa shape index (κ1) is 6.92. The predicted octanol–water partition coefficient (Wildman–Crippen LogP) is 0.106. The highest BCUT2D eigenvalue weighted by molar-refractivity contribution is 4.54. The largest absolute Gasteiger partial charge is 0.396 e. The van der Waals surface area contributed by atoms with Crippen molar-refractivity contribution in [3.8, 4) is 0 Å². The van der Waals surface area contributed by atoms with Gasteiger partial charge in [0.2, 0.25) is 0 Å². The Morgan fingerprint density at radius 2 is 2.29 bits per heavy atom. The molecule has 0 bridgehead atoms. The van der Waals surface area contributed by atoms with Crippen LogP contribution in [0.4, 0.5) is 0 Å². The van der Waals surface area contributed by atoms with E-state index in [1.807, 2.05) is 6.92 Å². The molecule has 0 rings (SSSR count). The van der Waals surface area contributed by atoms with E-state index in [0.29, 0.717) is 0 Å². The van der Waals surface area contributed by atoms with E-state index in [1.165, 1.54) is 0 Å². The molecule has 0 saturated carbocycles. The molecular formula is C5H13NO. The van der Waals surface area contributed by atoms with Crippen LogP contribution in [0.3, 0.4) is 0 Å². The van der Waals surface area contributed by atoms with E-state index in [2.05, 4.69) is 0 Å². The highest BCUT2D eigenvalue weighted by Gasteiger charge is 1.93. The smallest absolute Gasteiger partial charge is 0.0445 e. The third kappa shape index (κ3) is 3.76. The first-order valence-corrected chi connectivity index (χ1v) is 2.67. The Labute approximate surface area is 44.3 Å². The average molecular weight is 103 g/mol. The van der Waals surface area contributed by atoms with Crippen LogP contribution in [-0.2, 0) is 0 Å². The first-order valence-electron chi connectivity index (χ1n) is 2.67. The molecule has 1 unspecified atom stereocenters. The van der Waals surface area contributed by atoms with E-state index in [1.54, 1.807) is 0 Å². The fraction of sp³-hybridized carbons (Fsp3) is 1.00. The number of aliphatic hydroxyl groups excluding tert-OH is 1. The van der Waals surface area contributed by atoms with Crippen molar-refractivity contribution in [2.45, 2.75) is 25.8 Å². The zero-order chi connectivity index (χ0) is 5.70. The van der Waals surface area contributed by atoms with Gasteiger partial charge in [-0.2, -0.15) is 0 Å². The van der Waals surface area contributed by atoms with Gasteiger partial charge in [-0.15, -0.1) is 0 Å². The summed E-state index contributed by atoms with van der Waals surface area (Å²) in [5, 5.41) is 8.29. The molecule has 0 saturated heterocycles. The van der Waals surface area contributed by atoms with Crippen LogP contribution >= 0.6 is 0 Å². The lowest BCUT2D eigenvalue weighted by molar-refractivity contribution is 0.274. The van der Waals surface area contributed by atoms with Crippen molar-refractivity contribution in [1.82, 2.24) is 0 Å². The highest BCUT2D eigenvalue weighted by atomic mass is 16.3. The number of aliphatic hydroxyl groups is 1. The lowest BCUT2D eigenvalue weighted by atomic mass is 10.2. The van der Waals surface area contributed by atoms with Crippen molar-refractivity contribution >= 4 is 0 Å². The van der Waals surface area contributed by atoms with Gasteiger partial charge < -0.3 is 10.8 Å². The van der Waals surface area contributed by atoms with Crippen LogP contribution in [0.25, 0.3) is 0 Å². The van der Waals surface area contributed by atoms with Gasteiger partial charge in [0.25, 0.3) is 0 Å². The summed E-state index contributed by atoms with van der Waals surface area (Å²) >= 11 is 0. The first-order chi connectivity index (χ1) is 3.31. The van der Waals surface area contributed by atoms with Crippen LogP contribution in [0, 0.1) is 0 Å². The Morgan fingerprint density at radius 3 is 2.43 bits per heavy atom. The quantitative estimate of drug-likeness (QED) is 0.532. The van der Waals surface area contributed by atoms with Gasteiger partial charge in [-0.05, 0) is 12.8 Å². The molecule has 0 aromatic heterocycles. The maximum absolute atomic E-state index is 8.29. The second-order valence-electron chi connectivity index (χ2n) is 1.68. The van der Waals surface area contributed by atoms with Crippen LogP contribution < -0.4 is 5.73 Å². The van der Waals surface area contributed by atoms with Crippen LogP contribution in [0.1, 0.15) is 19.8 Å². The lowest BCUT2D eigenvalue weighted by Crippen LogP contribution is -2.19. The van der Waals surface area contributed by atoms with Crippen LogP contribution in [-0.4, -0.2) is 17.8 Å². The van der Waals surface area contributed by atoms with E-state index < -0.39 is 0 Å². The normalized spacial score (nSPS) is 14.1. The number of rotatable bonds is 3. The topological polar surface area (TPSA) is 46.2 Å². The number of hydrogen-bond acceptors (Lipinski definition) is 2. The van der Waals surface area contributed by atoms with Crippen LogP contribution in [0.15, 0.2) is 0 Å². The predicted molar refractivity (Wildman–Crippen MR) is 30.0 cm³/mol. The summed E-state index contributed by atoms with van der Waals surface area (Å²) < 4.78 is 0. The summed E-state index contributed by atoms with van der Waals surface area (Å²) in [6.45, 7) is 2.23. The maximum atomic E-state index is 8.29. The Bertz CT molecular complexity index is 39.1. The summed E-state index contributed by atoms with van der Waals surface area (Å²) in [7, 11) is 0. The molecular weight excluding hydrogens is 90.1 g/mol. The molecule has 0 spiro atoms. The van der Waals surface area contributed by atoms with Crippen molar-refractivity contribution in [3.63, 3.8) is 0 Å². The van der Waals surface area contributed by atoms with Gasteiger partial charge in [0.15, 0.2) is 0 Å². The zero-order valence-electron chi connectivity index (χ0n) is 4.72. The number of nitrogens with two attached hydrogens (primary N) is 1. The molecule has 2 heteroatoms. The van der Waals surface area contributed by atoms with Gasteiger partial charge in [0.1, 0.15) is 0 Å². The monoisotopic (exact) mass is 103 g/mol. The van der Waals surface area contributed by atoms with Gasteiger partial charge in [-0.25, -0.2) is 0 Å². The molecule has 7 heavy (non-hydrogen) atoms. The Kier molecular flexibility index (Phi) is 4.04. The second-order valence-corrected chi connectivity index (χ2v) is 1.68. The van der Waals surface area contributed by atoms with Crippen molar-refractivity contribution in [2.24, 2.45) is 5.73 Å². The summed E-state index contributed by atoms with van der Waals surface area (Å²) in [5.74, 6) is 0. The average Bonchev–Trinajstić information content (AvgIpc) is 1.68. The molecule has 0 aliphatic carbocycles. The molecule has 0 amide bonds. The van der Waals surface area contributed by atoms with E-state index in [9.17, 15) is 0 Å². The number of hydrogen-bond donors (Lipinski definition) is 2. The van der Waals surface area contributed by atoms with Crippen molar-refractivity contribution in [2.75, 3.05) is 6.61 Å². The molecule has 0 aromatic rings. The van der Waals surface area contributed by atoms with Crippen LogP contribution in [0.2, 0.25) is 0 Å². The van der Waals surface area contributed by atoms with Gasteiger partial charge in [0.05, 0.1) is 0 Å². The molecule has 0 heterocycles. The Balaban J connectivity index is 2.83. The molecule has 0 aliphatic rings. The minimum absolute atomic E-state index is 0.199. The molecule has 0 aromatic carbocycles. The molecule has 0 aliphatic heterocycles. The molecule has 0 radical (unpaired) electrons. The van der Waals surface area contributed by atoms with Gasteiger partial charge in [0, 0.05) is 12.6 Å². The zero-order valence-corrected chi connectivity index (χ0v) is 4.72. The molecule has 0 fully saturated rings. The van der Waals surface area contributed by atoms with Crippen molar-refractivity contribution < 1.29 is 5.11 Å². The third-order valence-corrected chi connectivity index (χ3v) is 1.02. The molecule has 1 atom stereocenters. The van der Waals surface area contributed by atoms with Crippen molar-refractivity contribution in [1.29, 1.82) is 0 Å². The SMILES string of the molecule is CCC(N)CCO. The minimum atomic E-state index is 0.199. The molecule has 2 nitrogen and oxygen atoms in total. The van der Waals surface area contributed by atoms with Gasteiger partial charge in [-0.1, -0.05) is 6.92 Å². The molecule has 44 valence electrons. The fourth-order valence-electron chi connectivity index (χ4n) is 0.370. The van der Waals surface area contributed by atoms with Gasteiger partial charge >= 0.3 is 0 Å². The highest BCUT2D eigenvalue weighted by Crippen LogP contribution is 1.89. The summed E-state index contributed by atoms with van der Waals surface area (Å²) in [6.07, 6.45) is 1.69. The second kappa shape index (κ2) is 4.09. The summed E-state index contributed by atoms with van der Waals surface area (Å²) in [4.78, 5) is 0.